The molecule has 1 aromatic carbocycles. The van der Waals surface area contributed by atoms with E-state index in [1.54, 1.807) is 17.0 Å². The molecule has 1 heterocycles. The fraction of sp³-hybridized carbons (Fsp3) is 0.588. The summed E-state index contributed by atoms with van der Waals surface area (Å²) in [5, 5.41) is 13.8. The number of nitro groups is 1. The van der Waals surface area contributed by atoms with Crippen molar-refractivity contribution in [3.05, 3.63) is 39.9 Å². The highest BCUT2D eigenvalue weighted by Gasteiger charge is 2.25. The normalized spacial score (nSPS) is 18.9. The molecule has 1 N–H and O–H groups in total. The number of amides is 2. The average Bonchev–Trinajstić information content (AvgIpc) is 2.60. The van der Waals surface area contributed by atoms with Crippen molar-refractivity contribution in [2.24, 2.45) is 5.92 Å². The molecular weight excluding hydrogens is 310 g/mol. The topological polar surface area (TPSA) is 84.7 Å². The van der Waals surface area contributed by atoms with E-state index in [-0.39, 0.29) is 17.8 Å². The number of rotatable bonds is 6. The second-order valence-electron chi connectivity index (χ2n) is 6.14. The van der Waals surface area contributed by atoms with Crippen molar-refractivity contribution >= 4 is 11.7 Å². The van der Waals surface area contributed by atoms with Crippen LogP contribution in [-0.2, 0) is 4.74 Å². The lowest BCUT2D eigenvalue weighted by Gasteiger charge is -2.33. The Morgan fingerprint density at radius 2 is 2.33 bits per heavy atom. The molecule has 1 saturated heterocycles. The highest BCUT2D eigenvalue weighted by Crippen LogP contribution is 2.21. The van der Waals surface area contributed by atoms with E-state index in [4.69, 9.17) is 4.74 Å². The summed E-state index contributed by atoms with van der Waals surface area (Å²) < 4.78 is 5.46. The van der Waals surface area contributed by atoms with Crippen LogP contribution in [0.25, 0.3) is 0 Å². The third-order valence-corrected chi connectivity index (χ3v) is 4.28. The summed E-state index contributed by atoms with van der Waals surface area (Å²) in [6.07, 6.45) is 2.04. The monoisotopic (exact) mass is 335 g/mol. The number of nitrogens with one attached hydrogen (secondary N) is 1. The number of piperidine rings is 1. The highest BCUT2D eigenvalue weighted by molar-refractivity contribution is 5.74. The van der Waals surface area contributed by atoms with E-state index in [1.807, 2.05) is 13.8 Å². The zero-order valence-corrected chi connectivity index (χ0v) is 14.2. The number of carbonyl (C=O) groups is 1. The number of nitro benzene ring substituents is 1. The van der Waals surface area contributed by atoms with Gasteiger partial charge in [-0.15, -0.1) is 0 Å². The quantitative estimate of drug-likeness (QED) is 0.639. The fourth-order valence-corrected chi connectivity index (χ4v) is 2.94. The summed E-state index contributed by atoms with van der Waals surface area (Å²) in [7, 11) is 0. The molecule has 0 bridgehead atoms. The van der Waals surface area contributed by atoms with Crippen molar-refractivity contribution in [2.75, 3.05) is 26.3 Å². The number of nitrogens with zero attached hydrogens (tertiary/aromatic N) is 2. The predicted octanol–water partition coefficient (Wildman–Crippen LogP) is 3.11. The lowest BCUT2D eigenvalue weighted by atomic mass is 9.99. The Labute approximate surface area is 142 Å². The summed E-state index contributed by atoms with van der Waals surface area (Å²) in [5.41, 5.74) is 0.753. The van der Waals surface area contributed by atoms with Crippen LogP contribution in [0.4, 0.5) is 10.5 Å². The van der Waals surface area contributed by atoms with Crippen molar-refractivity contribution in [3.63, 3.8) is 0 Å². The Hall–Kier alpha value is -2.15. The van der Waals surface area contributed by atoms with Gasteiger partial charge in [0.25, 0.3) is 5.69 Å². The molecule has 1 aliphatic rings. The van der Waals surface area contributed by atoms with Gasteiger partial charge >= 0.3 is 6.03 Å². The molecule has 0 spiro atoms. The summed E-state index contributed by atoms with van der Waals surface area (Å²) in [5.74, 6) is 0.373. The maximum atomic E-state index is 12.5. The van der Waals surface area contributed by atoms with E-state index >= 15 is 0 Å². The maximum Gasteiger partial charge on any atom is 0.317 e. The first-order valence-corrected chi connectivity index (χ1v) is 8.38. The van der Waals surface area contributed by atoms with Crippen LogP contribution in [0, 0.1) is 16.0 Å². The van der Waals surface area contributed by atoms with E-state index in [9.17, 15) is 14.9 Å². The fourth-order valence-electron chi connectivity index (χ4n) is 2.94. The second kappa shape index (κ2) is 8.63. The number of hydrogen-bond donors (Lipinski definition) is 1. The van der Waals surface area contributed by atoms with E-state index in [1.165, 1.54) is 12.1 Å². The first-order valence-electron chi connectivity index (χ1n) is 8.38. The Bertz CT molecular complexity index is 579. The van der Waals surface area contributed by atoms with Crippen molar-refractivity contribution in [3.8, 4) is 0 Å². The molecule has 132 valence electrons. The minimum absolute atomic E-state index is 0.0309. The van der Waals surface area contributed by atoms with Gasteiger partial charge in [0.1, 0.15) is 0 Å². The minimum atomic E-state index is -0.430. The van der Waals surface area contributed by atoms with Gasteiger partial charge in [-0.25, -0.2) is 4.79 Å². The molecule has 0 radical (unpaired) electrons. The summed E-state index contributed by atoms with van der Waals surface area (Å²) in [4.78, 5) is 24.7. The molecule has 0 saturated carbocycles. The molecule has 2 atom stereocenters. The molecule has 0 aromatic heterocycles. The molecule has 7 heteroatoms. The number of benzene rings is 1. The molecule has 1 aliphatic heterocycles. The van der Waals surface area contributed by atoms with Crippen LogP contribution in [-0.4, -0.2) is 42.2 Å². The lowest BCUT2D eigenvalue weighted by Crippen LogP contribution is -2.46. The number of ether oxygens (including phenoxy) is 1. The molecule has 0 unspecified atom stereocenters. The number of non-ortho nitro benzene ring substituents is 1. The van der Waals surface area contributed by atoms with Gasteiger partial charge in [-0.3, -0.25) is 10.1 Å². The molecule has 7 nitrogen and oxygen atoms in total. The van der Waals surface area contributed by atoms with Gasteiger partial charge in [0.2, 0.25) is 0 Å². The molecular formula is C17H25N3O4. The summed E-state index contributed by atoms with van der Waals surface area (Å²) in [6, 6.07) is 5.95. The van der Waals surface area contributed by atoms with Gasteiger partial charge in [-0.05, 0) is 32.3 Å². The zero-order valence-electron chi connectivity index (χ0n) is 14.2. The smallest absolute Gasteiger partial charge is 0.317 e. The van der Waals surface area contributed by atoms with Crippen LogP contribution in [0.5, 0.6) is 0 Å². The first kappa shape index (κ1) is 18.2. The van der Waals surface area contributed by atoms with Crippen molar-refractivity contribution in [1.82, 2.24) is 10.2 Å². The van der Waals surface area contributed by atoms with E-state index in [0.717, 1.165) is 24.9 Å². The number of likely N-dealkylation sites (tertiary alicyclic amines) is 1. The molecule has 2 rings (SSSR count). The Kier molecular flexibility index (Phi) is 6.54. The highest BCUT2D eigenvalue weighted by atomic mass is 16.6. The molecule has 1 fully saturated rings. The Balaban J connectivity index is 1.93. The largest absolute Gasteiger partial charge is 0.381 e. The van der Waals surface area contributed by atoms with Gasteiger partial charge in [-0.2, -0.15) is 0 Å². The molecule has 0 aliphatic carbocycles. The number of urea groups is 1. The summed E-state index contributed by atoms with van der Waals surface area (Å²) in [6.45, 7) is 6.59. The van der Waals surface area contributed by atoms with Crippen LogP contribution in [0.2, 0.25) is 0 Å². The van der Waals surface area contributed by atoms with Gasteiger partial charge in [0.15, 0.2) is 0 Å². The summed E-state index contributed by atoms with van der Waals surface area (Å²) >= 11 is 0. The van der Waals surface area contributed by atoms with Crippen molar-refractivity contribution in [2.45, 2.75) is 32.7 Å². The van der Waals surface area contributed by atoms with E-state index in [0.29, 0.717) is 25.7 Å². The van der Waals surface area contributed by atoms with Crippen LogP contribution < -0.4 is 5.32 Å². The van der Waals surface area contributed by atoms with Crippen LogP contribution in [0.1, 0.15) is 38.3 Å². The maximum absolute atomic E-state index is 12.5. The van der Waals surface area contributed by atoms with Gasteiger partial charge in [0.05, 0.1) is 17.6 Å². The van der Waals surface area contributed by atoms with Crippen LogP contribution >= 0.6 is 0 Å². The van der Waals surface area contributed by atoms with Gasteiger partial charge in [0, 0.05) is 37.7 Å². The van der Waals surface area contributed by atoms with E-state index < -0.39 is 4.92 Å². The molecule has 1 aromatic rings. The molecule has 24 heavy (non-hydrogen) atoms. The number of hydrogen-bond acceptors (Lipinski definition) is 4. The van der Waals surface area contributed by atoms with Crippen molar-refractivity contribution in [1.29, 1.82) is 0 Å². The van der Waals surface area contributed by atoms with Gasteiger partial charge < -0.3 is 15.0 Å². The van der Waals surface area contributed by atoms with Crippen LogP contribution in [0.3, 0.4) is 0 Å². The minimum Gasteiger partial charge on any atom is -0.381 e. The number of carbonyl (C=O) groups excluding carboxylic acids is 1. The average molecular weight is 335 g/mol. The Morgan fingerprint density at radius 1 is 1.54 bits per heavy atom. The SMILES string of the molecule is CCOC[C@@H]1CCCN(C(=O)N[C@@H](C)c2cccc([N+](=O)[O-])c2)C1. The molecule has 2 amide bonds. The first-order chi connectivity index (χ1) is 11.5. The lowest BCUT2D eigenvalue weighted by molar-refractivity contribution is -0.384. The standard InChI is InChI=1S/C17H25N3O4/c1-3-24-12-14-6-5-9-19(11-14)17(21)18-13(2)15-7-4-8-16(10-15)20(22)23/h4,7-8,10,13-14H,3,5-6,9,11-12H2,1-2H3,(H,18,21)/t13-,14+/m0/s1. The van der Waals surface area contributed by atoms with E-state index in [2.05, 4.69) is 5.32 Å². The van der Waals surface area contributed by atoms with Crippen molar-refractivity contribution < 1.29 is 14.5 Å². The predicted molar refractivity (Wildman–Crippen MR) is 90.8 cm³/mol. The zero-order chi connectivity index (χ0) is 17.5. The van der Waals surface area contributed by atoms with Gasteiger partial charge in [-0.1, -0.05) is 12.1 Å². The third kappa shape index (κ3) is 4.92. The third-order valence-electron chi connectivity index (χ3n) is 4.28. The second-order valence-corrected chi connectivity index (χ2v) is 6.14. The van der Waals surface area contributed by atoms with Crippen LogP contribution in [0.15, 0.2) is 24.3 Å². The Morgan fingerprint density at radius 3 is 3.04 bits per heavy atom.